The standard InChI is InChI=1S/C16H20N6OS/c1-3-21(4-2)10-12-7-18-15-13(8-20-22(15)11-12)16(23)19-9-14-17-5-6-24-14/h5-8,11H,3-4,9-10H2,1-2H3,(H,19,23). The fourth-order valence-corrected chi connectivity index (χ4v) is 3.01. The molecule has 3 aromatic rings. The Balaban J connectivity index is 1.74. The lowest BCUT2D eigenvalue weighted by atomic mass is 10.3. The molecular weight excluding hydrogens is 324 g/mol. The molecule has 1 amide bonds. The summed E-state index contributed by atoms with van der Waals surface area (Å²) in [5.74, 6) is -0.191. The summed E-state index contributed by atoms with van der Waals surface area (Å²) in [6.45, 7) is 7.47. The summed E-state index contributed by atoms with van der Waals surface area (Å²) in [4.78, 5) is 23.2. The normalized spacial score (nSPS) is 11.3. The van der Waals surface area contributed by atoms with Gasteiger partial charge in [-0.15, -0.1) is 11.3 Å². The van der Waals surface area contributed by atoms with Crippen molar-refractivity contribution >= 4 is 22.9 Å². The van der Waals surface area contributed by atoms with Gasteiger partial charge in [-0.2, -0.15) is 5.10 Å². The molecule has 126 valence electrons. The van der Waals surface area contributed by atoms with Gasteiger partial charge in [-0.25, -0.2) is 14.5 Å². The zero-order valence-electron chi connectivity index (χ0n) is 13.8. The molecule has 8 heteroatoms. The van der Waals surface area contributed by atoms with Crippen LogP contribution in [0.3, 0.4) is 0 Å². The number of nitrogens with one attached hydrogen (secondary N) is 1. The van der Waals surface area contributed by atoms with Crippen molar-refractivity contribution in [2.75, 3.05) is 13.1 Å². The van der Waals surface area contributed by atoms with Crippen LogP contribution in [0, 0.1) is 0 Å². The molecule has 0 aliphatic carbocycles. The molecule has 0 atom stereocenters. The average Bonchev–Trinajstić information content (AvgIpc) is 3.26. The highest BCUT2D eigenvalue weighted by Crippen LogP contribution is 2.11. The van der Waals surface area contributed by atoms with Crippen molar-refractivity contribution in [2.45, 2.75) is 26.9 Å². The SMILES string of the molecule is CCN(CC)Cc1cnc2c(C(=O)NCc3nccs3)cnn2c1. The lowest BCUT2D eigenvalue weighted by Gasteiger charge is -2.17. The number of nitrogens with zero attached hydrogens (tertiary/aromatic N) is 5. The van der Waals surface area contributed by atoms with Crippen molar-refractivity contribution in [2.24, 2.45) is 0 Å². The van der Waals surface area contributed by atoms with E-state index in [1.807, 2.05) is 17.8 Å². The van der Waals surface area contributed by atoms with E-state index in [0.717, 1.165) is 30.2 Å². The third kappa shape index (κ3) is 3.60. The number of carbonyl (C=O) groups is 1. The van der Waals surface area contributed by atoms with Gasteiger partial charge in [-0.05, 0) is 13.1 Å². The Kier molecular flexibility index (Phi) is 5.17. The topological polar surface area (TPSA) is 75.4 Å². The van der Waals surface area contributed by atoms with Gasteiger partial charge < -0.3 is 5.32 Å². The maximum absolute atomic E-state index is 12.3. The highest BCUT2D eigenvalue weighted by atomic mass is 32.1. The van der Waals surface area contributed by atoms with Crippen LogP contribution in [0.25, 0.3) is 5.65 Å². The minimum atomic E-state index is -0.191. The zero-order valence-corrected chi connectivity index (χ0v) is 14.6. The molecule has 7 nitrogen and oxygen atoms in total. The van der Waals surface area contributed by atoms with Crippen molar-refractivity contribution in [1.82, 2.24) is 29.8 Å². The van der Waals surface area contributed by atoms with Crippen LogP contribution in [0.15, 0.2) is 30.2 Å². The zero-order chi connectivity index (χ0) is 16.9. The third-order valence-electron chi connectivity index (χ3n) is 3.84. The van der Waals surface area contributed by atoms with Crippen LogP contribution in [0.2, 0.25) is 0 Å². The summed E-state index contributed by atoms with van der Waals surface area (Å²) in [6, 6.07) is 0. The maximum Gasteiger partial charge on any atom is 0.257 e. The van der Waals surface area contributed by atoms with Crippen molar-refractivity contribution in [3.63, 3.8) is 0 Å². The summed E-state index contributed by atoms with van der Waals surface area (Å²) in [5, 5.41) is 9.87. The molecule has 0 aliphatic heterocycles. The van der Waals surface area contributed by atoms with Crippen LogP contribution in [0.4, 0.5) is 0 Å². The van der Waals surface area contributed by atoms with Crippen LogP contribution in [0.5, 0.6) is 0 Å². The van der Waals surface area contributed by atoms with Gasteiger partial charge in [0.1, 0.15) is 10.6 Å². The Hall–Kier alpha value is -2.32. The van der Waals surface area contributed by atoms with E-state index in [0.29, 0.717) is 17.8 Å². The summed E-state index contributed by atoms with van der Waals surface area (Å²) in [6.07, 6.45) is 7.02. The molecule has 0 spiro atoms. The summed E-state index contributed by atoms with van der Waals surface area (Å²) >= 11 is 1.51. The molecular formula is C16H20N6OS. The fraction of sp³-hybridized carbons (Fsp3) is 0.375. The molecule has 0 bridgehead atoms. The van der Waals surface area contributed by atoms with Gasteiger partial charge in [0, 0.05) is 36.1 Å². The minimum absolute atomic E-state index is 0.191. The first-order valence-corrected chi connectivity index (χ1v) is 8.80. The van der Waals surface area contributed by atoms with Gasteiger partial charge in [-0.1, -0.05) is 13.8 Å². The summed E-state index contributed by atoms with van der Waals surface area (Å²) in [7, 11) is 0. The predicted octanol–water partition coefficient (Wildman–Crippen LogP) is 1.96. The molecule has 1 N–H and O–H groups in total. The molecule has 0 unspecified atom stereocenters. The monoisotopic (exact) mass is 344 g/mol. The molecule has 0 aliphatic rings. The smallest absolute Gasteiger partial charge is 0.257 e. The van der Waals surface area contributed by atoms with E-state index in [2.05, 4.69) is 39.1 Å². The van der Waals surface area contributed by atoms with Crippen LogP contribution in [-0.4, -0.2) is 43.5 Å². The van der Waals surface area contributed by atoms with Crippen LogP contribution >= 0.6 is 11.3 Å². The Bertz CT molecular complexity index is 809. The van der Waals surface area contributed by atoms with Crippen LogP contribution < -0.4 is 5.32 Å². The van der Waals surface area contributed by atoms with Crippen LogP contribution in [-0.2, 0) is 13.1 Å². The first kappa shape index (κ1) is 16.5. The number of rotatable bonds is 7. The highest BCUT2D eigenvalue weighted by molar-refractivity contribution is 7.09. The van der Waals surface area contributed by atoms with Gasteiger partial charge in [0.25, 0.3) is 5.91 Å². The van der Waals surface area contributed by atoms with Gasteiger partial charge in [-0.3, -0.25) is 9.69 Å². The highest BCUT2D eigenvalue weighted by Gasteiger charge is 2.14. The van der Waals surface area contributed by atoms with E-state index >= 15 is 0 Å². The van der Waals surface area contributed by atoms with E-state index in [4.69, 9.17) is 0 Å². The van der Waals surface area contributed by atoms with E-state index in [1.165, 1.54) is 11.3 Å². The van der Waals surface area contributed by atoms with Crippen molar-refractivity contribution in [3.05, 3.63) is 46.3 Å². The molecule has 3 heterocycles. The maximum atomic E-state index is 12.3. The first-order valence-electron chi connectivity index (χ1n) is 7.92. The van der Waals surface area contributed by atoms with Gasteiger partial charge in [0.2, 0.25) is 0 Å². The molecule has 24 heavy (non-hydrogen) atoms. The molecule has 3 aromatic heterocycles. The largest absolute Gasteiger partial charge is 0.345 e. The number of fused-ring (bicyclic) bond motifs is 1. The molecule has 0 radical (unpaired) electrons. The number of thiazole rings is 1. The second-order valence-corrected chi connectivity index (χ2v) is 6.34. The minimum Gasteiger partial charge on any atom is -0.345 e. The second-order valence-electron chi connectivity index (χ2n) is 5.36. The van der Waals surface area contributed by atoms with E-state index in [-0.39, 0.29) is 5.91 Å². The number of amides is 1. The van der Waals surface area contributed by atoms with Gasteiger partial charge >= 0.3 is 0 Å². The van der Waals surface area contributed by atoms with E-state index in [9.17, 15) is 4.79 Å². The molecule has 0 aromatic carbocycles. The molecule has 0 fully saturated rings. The molecule has 3 rings (SSSR count). The van der Waals surface area contributed by atoms with Crippen molar-refractivity contribution in [3.8, 4) is 0 Å². The first-order chi connectivity index (χ1) is 11.7. The number of hydrogen-bond acceptors (Lipinski definition) is 6. The van der Waals surface area contributed by atoms with E-state index in [1.54, 1.807) is 16.9 Å². The summed E-state index contributed by atoms with van der Waals surface area (Å²) in [5.41, 5.74) is 2.11. The Morgan fingerprint density at radius 2 is 2.12 bits per heavy atom. The quantitative estimate of drug-likeness (QED) is 0.709. The van der Waals surface area contributed by atoms with Gasteiger partial charge in [0.05, 0.1) is 12.7 Å². The van der Waals surface area contributed by atoms with Crippen molar-refractivity contribution < 1.29 is 4.79 Å². The fourth-order valence-electron chi connectivity index (χ4n) is 2.45. The van der Waals surface area contributed by atoms with E-state index < -0.39 is 0 Å². The Morgan fingerprint density at radius 3 is 2.83 bits per heavy atom. The average molecular weight is 344 g/mol. The predicted molar refractivity (Wildman–Crippen MR) is 92.9 cm³/mol. The number of hydrogen-bond donors (Lipinski definition) is 1. The lowest BCUT2D eigenvalue weighted by molar-refractivity contribution is 0.0952. The Morgan fingerprint density at radius 1 is 1.29 bits per heavy atom. The van der Waals surface area contributed by atoms with Crippen molar-refractivity contribution in [1.29, 1.82) is 0 Å². The number of carbonyl (C=O) groups excluding carboxylic acids is 1. The summed E-state index contributed by atoms with van der Waals surface area (Å²) < 4.78 is 1.66. The third-order valence-corrected chi connectivity index (χ3v) is 4.62. The van der Waals surface area contributed by atoms with Crippen LogP contribution in [0.1, 0.15) is 34.8 Å². The Labute approximate surface area is 144 Å². The molecule has 0 saturated heterocycles. The lowest BCUT2D eigenvalue weighted by Crippen LogP contribution is -2.23. The number of aromatic nitrogens is 4. The van der Waals surface area contributed by atoms with Gasteiger partial charge in [0.15, 0.2) is 5.65 Å². The molecule has 0 saturated carbocycles. The second kappa shape index (κ2) is 7.50.